The van der Waals surface area contributed by atoms with Crippen LogP contribution in [0.4, 0.5) is 0 Å². The predicted octanol–water partition coefficient (Wildman–Crippen LogP) is 34.3. The molecule has 12 aromatic rings. The summed E-state index contributed by atoms with van der Waals surface area (Å²) in [5, 5.41) is 27.0. The van der Waals surface area contributed by atoms with Gasteiger partial charge in [-0.2, -0.15) is 0 Å². The second-order valence-electron chi connectivity index (χ2n) is 36.4. The van der Waals surface area contributed by atoms with Gasteiger partial charge in [0, 0.05) is 20.8 Å². The Morgan fingerprint density at radius 3 is 0.638 bits per heavy atom. The number of aromatic hydroxyl groups is 3. The maximum Gasteiger partial charge on any atom is 0.308 e. The molecule has 12 rings (SSSR count). The third kappa shape index (κ3) is 51.1. The van der Waals surface area contributed by atoms with Gasteiger partial charge in [0.2, 0.25) is 0 Å². The molecule has 15 heteroatoms. The molecule has 0 spiro atoms. The molecule has 141 heavy (non-hydrogen) atoms. The second-order valence-corrected chi connectivity index (χ2v) is 36.4. The van der Waals surface area contributed by atoms with Crippen molar-refractivity contribution < 1.29 is 72.3 Å². The van der Waals surface area contributed by atoms with E-state index in [9.17, 15) is 14.4 Å². The monoisotopic (exact) mass is 1920 g/mol. The van der Waals surface area contributed by atoms with E-state index < -0.39 is 0 Å². The van der Waals surface area contributed by atoms with E-state index in [1.165, 1.54) is 82.0 Å². The van der Waals surface area contributed by atoms with Crippen LogP contribution in [0, 0.1) is 6.92 Å². The second kappa shape index (κ2) is 69.6. The van der Waals surface area contributed by atoms with Gasteiger partial charge in [-0.15, -0.1) is 0 Å². The fourth-order valence-corrected chi connectivity index (χ4v) is 13.8. The lowest BCUT2D eigenvalue weighted by atomic mass is 9.99. The highest BCUT2D eigenvalue weighted by Crippen LogP contribution is 2.31. The van der Waals surface area contributed by atoms with Crippen LogP contribution in [0.1, 0.15) is 356 Å². The van der Waals surface area contributed by atoms with E-state index in [0.29, 0.717) is 108 Å². The first-order valence-electron chi connectivity index (χ1n) is 51.1. The Hall–Kier alpha value is -12.3. The van der Waals surface area contributed by atoms with Crippen molar-refractivity contribution in [2.24, 2.45) is 0 Å². The Morgan fingerprint density at radius 1 is 0.234 bits per heavy atom. The van der Waals surface area contributed by atoms with Crippen LogP contribution in [0.2, 0.25) is 0 Å². The van der Waals surface area contributed by atoms with E-state index in [1.807, 2.05) is 203 Å². The Labute approximate surface area is 848 Å². The highest BCUT2D eigenvalue weighted by Gasteiger charge is 2.15. The molecule has 12 atom stereocenters. The van der Waals surface area contributed by atoms with E-state index in [2.05, 4.69) is 216 Å². The first-order chi connectivity index (χ1) is 67.6. The number of ether oxygens (including phenoxy) is 9. The molecular weight excluding hydrogens is 1750 g/mol. The number of rotatable bonds is 38. The highest BCUT2D eigenvalue weighted by molar-refractivity contribution is 5.70. The quantitative estimate of drug-likeness (QED) is 0.0143. The lowest BCUT2D eigenvalue weighted by molar-refractivity contribution is -0.132. The molecule has 762 valence electrons. The zero-order chi connectivity index (χ0) is 104. The number of phenolic OH excluding ortho intramolecular Hbond substituents is 3. The lowest BCUT2D eigenvalue weighted by Gasteiger charge is -2.16. The van der Waals surface area contributed by atoms with E-state index in [0.717, 1.165) is 99.0 Å². The molecule has 15 nitrogen and oxygen atoms in total. The van der Waals surface area contributed by atoms with Gasteiger partial charge in [-0.25, -0.2) is 0 Å². The maximum atomic E-state index is 10.7. The van der Waals surface area contributed by atoms with Crippen molar-refractivity contribution in [3.05, 3.63) is 376 Å². The molecule has 0 amide bonds. The summed E-state index contributed by atoms with van der Waals surface area (Å²) in [6.45, 7) is 53.3. The summed E-state index contributed by atoms with van der Waals surface area (Å²) in [6.07, 6.45) is 11.5. The van der Waals surface area contributed by atoms with Crippen LogP contribution in [0.5, 0.6) is 51.7 Å². The van der Waals surface area contributed by atoms with Crippen LogP contribution in [-0.4, -0.2) is 58.7 Å². The summed E-state index contributed by atoms with van der Waals surface area (Å²) < 4.78 is 49.4. The van der Waals surface area contributed by atoms with Gasteiger partial charge < -0.3 is 58.0 Å². The average molecular weight is 1920 g/mol. The largest absolute Gasteiger partial charge is 0.508 e. The summed E-state index contributed by atoms with van der Waals surface area (Å²) in [5.41, 5.74) is 16.7. The Balaban J connectivity index is 0.000000335. The van der Waals surface area contributed by atoms with E-state index >= 15 is 0 Å². The van der Waals surface area contributed by atoms with Crippen LogP contribution >= 0.6 is 0 Å². The third-order valence-electron chi connectivity index (χ3n) is 25.0. The summed E-state index contributed by atoms with van der Waals surface area (Å²) in [4.78, 5) is 32.0. The number of carbonyl (C=O) groups is 3. The van der Waals surface area contributed by atoms with Gasteiger partial charge in [0.25, 0.3) is 0 Å². The van der Waals surface area contributed by atoms with Crippen molar-refractivity contribution in [2.75, 3.05) is 6.61 Å². The topological polar surface area (TPSA) is 195 Å². The number of phenols is 3. The van der Waals surface area contributed by atoms with Crippen molar-refractivity contribution in [2.45, 2.75) is 329 Å². The van der Waals surface area contributed by atoms with Crippen LogP contribution in [-0.2, 0) is 48.2 Å². The number of carbonyl (C=O) groups excluding carboxylic acids is 3. The molecule has 0 heterocycles. The molecule has 0 aromatic heterocycles. The molecule has 3 N–H and O–H groups in total. The lowest BCUT2D eigenvalue weighted by Crippen LogP contribution is -2.17. The number of esters is 3. The van der Waals surface area contributed by atoms with Crippen molar-refractivity contribution in [1.29, 1.82) is 0 Å². The number of hydrogen-bond acceptors (Lipinski definition) is 15. The van der Waals surface area contributed by atoms with Gasteiger partial charge in [0.15, 0.2) is 18.9 Å². The summed E-state index contributed by atoms with van der Waals surface area (Å²) in [6, 6.07) is 99.3. The molecule has 0 radical (unpaired) electrons. The minimum absolute atomic E-state index is 0.222. The van der Waals surface area contributed by atoms with E-state index in [1.54, 1.807) is 36.4 Å². The number of aryl methyl sites for hydroxylation is 2. The minimum Gasteiger partial charge on any atom is -0.508 e. The first-order valence-corrected chi connectivity index (χ1v) is 51.1. The predicted molar refractivity (Wildman–Crippen MR) is 583 cm³/mol. The summed E-state index contributed by atoms with van der Waals surface area (Å²) in [7, 11) is 0. The molecule has 12 unspecified atom stereocenters. The number of hydrogen-bond donors (Lipinski definition) is 3. The molecule has 0 aliphatic carbocycles. The fourth-order valence-electron chi connectivity index (χ4n) is 13.8. The van der Waals surface area contributed by atoms with Crippen molar-refractivity contribution in [1.82, 2.24) is 0 Å². The average Bonchev–Trinajstić information content (AvgIpc) is 0.877. The number of benzene rings is 12. The van der Waals surface area contributed by atoms with Crippen molar-refractivity contribution in [3.8, 4) is 51.7 Å². The third-order valence-corrected chi connectivity index (χ3v) is 25.0. The summed E-state index contributed by atoms with van der Waals surface area (Å²) >= 11 is 0. The molecule has 0 aliphatic rings. The molecule has 0 saturated carbocycles. The van der Waals surface area contributed by atoms with E-state index in [4.69, 9.17) is 58.0 Å². The Kier molecular flexibility index (Phi) is 59.7. The van der Waals surface area contributed by atoms with Gasteiger partial charge in [-0.05, 0) is 328 Å². The van der Waals surface area contributed by atoms with Crippen molar-refractivity contribution in [3.63, 3.8) is 0 Å². The molecule has 0 saturated heterocycles. The molecule has 12 aromatic carbocycles. The standard InChI is InChI=1S/C21H28O2.C20H26O2.C19H24O2.3C12H16O2.3C10H14O/c1-4-17(2)20-12-14-21(15-13-20)23-18(3)22-16-8-11-19-9-6-5-7-10-19;1-5-16(3)19-10-12-20(13-11-19)22-17(4)21-14-18-8-6-15(2)7-9-18;1-4-15(2)18-10-12-19(13-11-18)21-16(3)20-14-17-8-6-5-7-9-17;3*1-4-9(2)11-5-7-12(8-6-11)14-10(3)13;3*1-3-8(2)9-4-6-10(11)7-5-9/h5-7,9-10,12-15,17-18H,4,8,11,16H2,1-3H3;6-13,16-17H,5,14H2,1-4H3;5-13,15-16H,4,14H2,1-3H3;3*5-9H,4H2,1-3H3;3*4-8,11H,3H2,1-2H3. The Bertz CT molecular complexity index is 4950. The molecular formula is C126H168O15. The maximum absolute atomic E-state index is 10.7. The van der Waals surface area contributed by atoms with Gasteiger partial charge >= 0.3 is 17.9 Å². The van der Waals surface area contributed by atoms with Gasteiger partial charge in [0.1, 0.15) is 51.7 Å². The highest BCUT2D eigenvalue weighted by atomic mass is 16.7. The van der Waals surface area contributed by atoms with Crippen LogP contribution in [0.3, 0.4) is 0 Å². The minimum atomic E-state index is -0.277. The first kappa shape index (κ1) is 121. The smallest absolute Gasteiger partial charge is 0.308 e. The molecule has 0 bridgehead atoms. The van der Waals surface area contributed by atoms with E-state index in [-0.39, 0.29) is 36.8 Å². The zero-order valence-electron chi connectivity index (χ0n) is 89.4. The normalized spacial score (nSPS) is 13.0. The van der Waals surface area contributed by atoms with Crippen LogP contribution in [0.25, 0.3) is 0 Å². The van der Waals surface area contributed by atoms with Gasteiger partial charge in [-0.3, -0.25) is 14.4 Å². The van der Waals surface area contributed by atoms with Crippen molar-refractivity contribution >= 4 is 17.9 Å². The van der Waals surface area contributed by atoms with Gasteiger partial charge in [0.05, 0.1) is 19.8 Å². The van der Waals surface area contributed by atoms with Gasteiger partial charge in [-0.1, -0.05) is 324 Å². The zero-order valence-corrected chi connectivity index (χ0v) is 89.4. The molecule has 0 fully saturated rings. The van der Waals surface area contributed by atoms with Crippen LogP contribution in [0.15, 0.2) is 303 Å². The Morgan fingerprint density at radius 2 is 0.426 bits per heavy atom. The molecule has 0 aliphatic heterocycles. The SMILES string of the molecule is CCC(C)c1ccc(O)cc1.CCC(C)c1ccc(O)cc1.CCC(C)c1ccc(O)cc1.CCC(C)c1ccc(OC(C)=O)cc1.CCC(C)c1ccc(OC(C)=O)cc1.CCC(C)c1ccc(OC(C)=O)cc1.CCC(C)c1ccc(OC(C)OCCCc2ccccc2)cc1.CCC(C)c1ccc(OC(C)OCc2ccc(C)cc2)cc1.CCC(C)c1ccc(OC(C)OCc2ccccc2)cc1. The summed E-state index contributed by atoms with van der Waals surface area (Å²) in [5.74, 6) is 9.84. The van der Waals surface area contributed by atoms with Crippen LogP contribution < -0.4 is 28.4 Å². The fraction of sp³-hybridized carbons (Fsp3) is 0.405.